The van der Waals surface area contributed by atoms with E-state index < -0.39 is 6.10 Å². The van der Waals surface area contributed by atoms with Crippen LogP contribution in [0.5, 0.6) is 0 Å². The SMILES string of the molecule is CC\C=C/C=C\C=C/C=C\C=C/CCCCCC(=O)OC(COC(=O)CCCC/C=C\C/C=C\C/C=C\CC)COC(=O)CCCCC/C=C\C=C/CCCCCCCCC. The molecule has 0 rings (SSSR count). The van der Waals surface area contributed by atoms with E-state index in [-0.39, 0.29) is 44.0 Å². The third-order valence-electron chi connectivity index (χ3n) is 9.59. The van der Waals surface area contributed by atoms with Crippen molar-refractivity contribution in [2.24, 2.45) is 0 Å². The first kappa shape index (κ1) is 56.8. The van der Waals surface area contributed by atoms with E-state index in [0.29, 0.717) is 19.3 Å². The molecule has 0 saturated carbocycles. The quantitative estimate of drug-likeness (QED) is 0.0201. The van der Waals surface area contributed by atoms with Crippen molar-refractivity contribution in [1.29, 1.82) is 0 Å². The van der Waals surface area contributed by atoms with Gasteiger partial charge in [-0.25, -0.2) is 0 Å². The molecule has 1 atom stereocenters. The third-order valence-corrected chi connectivity index (χ3v) is 9.59. The van der Waals surface area contributed by atoms with Crippen molar-refractivity contribution in [3.05, 3.63) is 122 Å². The van der Waals surface area contributed by atoms with E-state index >= 15 is 0 Å². The van der Waals surface area contributed by atoms with Crippen LogP contribution in [0.3, 0.4) is 0 Å². The smallest absolute Gasteiger partial charge is 0.306 e. The van der Waals surface area contributed by atoms with Gasteiger partial charge in [0.15, 0.2) is 6.10 Å². The van der Waals surface area contributed by atoms with Crippen molar-refractivity contribution in [3.8, 4) is 0 Å². The van der Waals surface area contributed by atoms with Gasteiger partial charge in [-0.2, -0.15) is 0 Å². The minimum atomic E-state index is -0.829. The fourth-order valence-corrected chi connectivity index (χ4v) is 6.00. The number of ether oxygens (including phenoxy) is 3. The summed E-state index contributed by atoms with van der Waals surface area (Å²) in [5.41, 5.74) is 0. The summed E-state index contributed by atoms with van der Waals surface area (Å²) in [5.74, 6) is -1.04. The van der Waals surface area contributed by atoms with Crippen LogP contribution in [0.2, 0.25) is 0 Å². The average Bonchev–Trinajstić information content (AvgIpc) is 3.26. The molecular formula is C55H86O6. The normalized spacial score (nSPS) is 13.2. The van der Waals surface area contributed by atoms with Crippen LogP contribution >= 0.6 is 0 Å². The summed E-state index contributed by atoms with van der Waals surface area (Å²) < 4.78 is 16.6. The second-order valence-electron chi connectivity index (χ2n) is 15.4. The van der Waals surface area contributed by atoms with Crippen molar-refractivity contribution in [2.75, 3.05) is 13.2 Å². The molecule has 6 nitrogen and oxygen atoms in total. The van der Waals surface area contributed by atoms with Gasteiger partial charge in [0.1, 0.15) is 13.2 Å². The van der Waals surface area contributed by atoms with Gasteiger partial charge in [0.05, 0.1) is 0 Å². The maximum Gasteiger partial charge on any atom is 0.306 e. The monoisotopic (exact) mass is 843 g/mol. The summed E-state index contributed by atoms with van der Waals surface area (Å²) in [5, 5.41) is 0. The average molecular weight is 843 g/mol. The van der Waals surface area contributed by atoms with Gasteiger partial charge in [0, 0.05) is 19.3 Å². The topological polar surface area (TPSA) is 78.9 Å². The van der Waals surface area contributed by atoms with Crippen LogP contribution in [0.4, 0.5) is 0 Å². The van der Waals surface area contributed by atoms with Crippen LogP contribution in [0, 0.1) is 0 Å². The number of unbranched alkanes of at least 4 members (excludes halogenated alkanes) is 15. The Hall–Kier alpha value is -4.19. The molecule has 1 unspecified atom stereocenters. The van der Waals surface area contributed by atoms with E-state index in [0.717, 1.165) is 89.9 Å². The maximum atomic E-state index is 12.7. The molecule has 61 heavy (non-hydrogen) atoms. The minimum absolute atomic E-state index is 0.125. The molecule has 0 N–H and O–H groups in total. The second-order valence-corrected chi connectivity index (χ2v) is 15.4. The Labute approximate surface area is 373 Å². The molecule has 0 saturated heterocycles. The lowest BCUT2D eigenvalue weighted by molar-refractivity contribution is -0.167. The fourth-order valence-electron chi connectivity index (χ4n) is 6.00. The molecule has 0 aliphatic heterocycles. The standard InChI is InChI=1S/C55H86O6/c1-4-7-10-13-16-19-22-25-27-29-30-33-36-39-42-45-48-54(57)60-51-52(50-59-53(56)47-44-41-38-35-32-24-21-18-15-12-9-6-3)61-55(58)49-46-43-40-37-34-31-28-26-23-20-17-14-11-8-5-2/h8-9,11-12,14,17-18,20-21,23,26-35,52H,4-7,10,13,15-16,19,22,24-25,36-51H2,1-3H3/b11-8-,12-9-,17-14-,21-18-,23-20-,28-26-,29-27-,33-30-,34-31-,35-32-. The second kappa shape index (κ2) is 48.5. The zero-order chi connectivity index (χ0) is 44.4. The number of esters is 3. The molecule has 0 fully saturated rings. The van der Waals surface area contributed by atoms with Crippen LogP contribution in [-0.2, 0) is 28.6 Å². The van der Waals surface area contributed by atoms with Gasteiger partial charge < -0.3 is 14.2 Å². The van der Waals surface area contributed by atoms with Gasteiger partial charge in [0.25, 0.3) is 0 Å². The number of hydrogen-bond donors (Lipinski definition) is 0. The molecule has 0 aliphatic carbocycles. The summed E-state index contributed by atoms with van der Waals surface area (Å²) in [6.45, 7) is 6.25. The first-order chi connectivity index (χ1) is 30.0. The Morgan fingerprint density at radius 1 is 0.361 bits per heavy atom. The zero-order valence-electron chi connectivity index (χ0n) is 38.9. The molecule has 0 aliphatic rings. The molecule has 0 radical (unpaired) electrons. The van der Waals surface area contributed by atoms with E-state index in [1.807, 2.05) is 48.6 Å². The van der Waals surface area contributed by atoms with E-state index in [2.05, 4.69) is 93.7 Å². The lowest BCUT2D eigenvalue weighted by Gasteiger charge is -2.18. The van der Waals surface area contributed by atoms with E-state index in [1.54, 1.807) is 0 Å². The molecule has 0 aromatic carbocycles. The molecule has 0 aromatic rings. The van der Waals surface area contributed by atoms with Gasteiger partial charge in [-0.1, -0.05) is 194 Å². The Kier molecular flexibility index (Phi) is 45.1. The molecule has 0 spiro atoms. The molecule has 6 heteroatoms. The largest absolute Gasteiger partial charge is 0.462 e. The van der Waals surface area contributed by atoms with Crippen molar-refractivity contribution < 1.29 is 28.6 Å². The number of rotatable bonds is 41. The van der Waals surface area contributed by atoms with Gasteiger partial charge in [0.2, 0.25) is 0 Å². The number of carbonyl (C=O) groups excluding carboxylic acids is 3. The zero-order valence-corrected chi connectivity index (χ0v) is 38.9. The summed E-state index contributed by atoms with van der Waals surface area (Å²) >= 11 is 0. The van der Waals surface area contributed by atoms with E-state index in [9.17, 15) is 14.4 Å². The Bertz CT molecular complexity index is 1340. The van der Waals surface area contributed by atoms with Gasteiger partial charge >= 0.3 is 17.9 Å². The highest BCUT2D eigenvalue weighted by atomic mass is 16.6. The Morgan fingerprint density at radius 3 is 1.25 bits per heavy atom. The molecule has 0 aromatic heterocycles. The summed E-state index contributed by atoms with van der Waals surface area (Å²) in [6, 6.07) is 0. The van der Waals surface area contributed by atoms with E-state index in [4.69, 9.17) is 14.2 Å². The lowest BCUT2D eigenvalue weighted by atomic mass is 10.1. The van der Waals surface area contributed by atoms with Gasteiger partial charge in [-0.15, -0.1) is 0 Å². The molecule has 0 bridgehead atoms. The number of hydrogen-bond acceptors (Lipinski definition) is 6. The summed E-state index contributed by atoms with van der Waals surface area (Å²) in [4.78, 5) is 37.8. The number of carbonyl (C=O) groups is 3. The summed E-state index contributed by atoms with van der Waals surface area (Å²) in [6.07, 6.45) is 66.1. The predicted molar refractivity (Wildman–Crippen MR) is 260 cm³/mol. The van der Waals surface area contributed by atoms with Gasteiger partial charge in [-0.05, 0) is 96.3 Å². The first-order valence-electron chi connectivity index (χ1n) is 24.1. The minimum Gasteiger partial charge on any atom is -0.462 e. The van der Waals surface area contributed by atoms with Crippen LogP contribution < -0.4 is 0 Å². The molecular weight excluding hydrogens is 757 g/mol. The predicted octanol–water partition coefficient (Wildman–Crippen LogP) is 15.7. The van der Waals surface area contributed by atoms with Crippen molar-refractivity contribution in [1.82, 2.24) is 0 Å². The first-order valence-corrected chi connectivity index (χ1v) is 24.1. The van der Waals surface area contributed by atoms with Crippen molar-refractivity contribution in [3.63, 3.8) is 0 Å². The third kappa shape index (κ3) is 46.7. The van der Waals surface area contributed by atoms with Crippen LogP contribution in [0.25, 0.3) is 0 Å². The highest BCUT2D eigenvalue weighted by Gasteiger charge is 2.19. The van der Waals surface area contributed by atoms with E-state index in [1.165, 1.54) is 44.9 Å². The maximum absolute atomic E-state index is 12.7. The van der Waals surface area contributed by atoms with Gasteiger partial charge in [-0.3, -0.25) is 14.4 Å². The Morgan fingerprint density at radius 2 is 0.721 bits per heavy atom. The lowest BCUT2D eigenvalue weighted by Crippen LogP contribution is -2.30. The highest BCUT2D eigenvalue weighted by molar-refractivity contribution is 5.71. The summed E-state index contributed by atoms with van der Waals surface area (Å²) in [7, 11) is 0. The molecule has 0 heterocycles. The highest BCUT2D eigenvalue weighted by Crippen LogP contribution is 2.11. The Balaban J connectivity index is 4.58. The van der Waals surface area contributed by atoms with Crippen molar-refractivity contribution in [2.45, 2.75) is 194 Å². The molecule has 342 valence electrons. The number of allylic oxidation sites excluding steroid dienone is 20. The van der Waals surface area contributed by atoms with Crippen LogP contribution in [0.15, 0.2) is 122 Å². The van der Waals surface area contributed by atoms with Crippen LogP contribution in [-0.4, -0.2) is 37.2 Å². The van der Waals surface area contributed by atoms with Crippen LogP contribution in [0.1, 0.15) is 188 Å². The molecule has 0 amide bonds. The fraction of sp³-hybridized carbons (Fsp3) is 0.582. The van der Waals surface area contributed by atoms with Crippen molar-refractivity contribution >= 4 is 17.9 Å².